The number of carbonyl (C=O) groups excluding carboxylic acids is 1. The van der Waals surface area contributed by atoms with E-state index in [2.05, 4.69) is 5.32 Å². The van der Waals surface area contributed by atoms with Crippen LogP contribution in [0.15, 0.2) is 24.3 Å². The maximum Gasteiger partial charge on any atom is 0.230 e. The van der Waals surface area contributed by atoms with Crippen LogP contribution in [0.1, 0.15) is 53.2 Å². The van der Waals surface area contributed by atoms with Crippen molar-refractivity contribution in [3.63, 3.8) is 0 Å². The minimum Gasteiger partial charge on any atom is -0.355 e. The molecule has 4 rings (SSSR count). The monoisotopic (exact) mass is 374 g/mol. The lowest BCUT2D eigenvalue weighted by molar-refractivity contribution is -0.123. The van der Waals surface area contributed by atoms with Crippen LogP contribution in [0.25, 0.3) is 0 Å². The molecule has 0 radical (unpaired) electrons. The van der Waals surface area contributed by atoms with Gasteiger partial charge in [-0.2, -0.15) is 0 Å². The molecule has 0 spiro atoms. The van der Waals surface area contributed by atoms with Crippen molar-refractivity contribution in [2.24, 2.45) is 0 Å². The molecule has 1 amide bonds. The molecule has 3 nitrogen and oxygen atoms in total. The normalized spacial score (nSPS) is 17.8. The fourth-order valence-electron chi connectivity index (χ4n) is 3.68. The maximum atomic E-state index is 12.6. The Kier molecular flexibility index (Phi) is 4.83. The molecule has 2 aliphatic rings. The number of thiazole rings is 1. The van der Waals surface area contributed by atoms with Crippen molar-refractivity contribution in [3.05, 3.63) is 50.4 Å². The molecule has 1 N–H and O–H groups in total. The zero-order valence-electron chi connectivity index (χ0n) is 14.3. The van der Waals surface area contributed by atoms with Gasteiger partial charge in [-0.1, -0.05) is 23.7 Å². The molecule has 1 saturated carbocycles. The van der Waals surface area contributed by atoms with E-state index in [9.17, 15) is 4.79 Å². The van der Waals surface area contributed by atoms with Crippen LogP contribution in [0.3, 0.4) is 0 Å². The van der Waals surface area contributed by atoms with Crippen molar-refractivity contribution in [1.82, 2.24) is 10.3 Å². The first-order valence-corrected chi connectivity index (χ1v) is 10.4. The molecular formula is C20H23ClN2OS. The molecule has 2 aliphatic carbocycles. The van der Waals surface area contributed by atoms with E-state index in [4.69, 9.17) is 16.6 Å². The Balaban J connectivity index is 1.29. The largest absolute Gasteiger partial charge is 0.355 e. The number of benzene rings is 1. The van der Waals surface area contributed by atoms with E-state index in [1.54, 1.807) is 0 Å². The van der Waals surface area contributed by atoms with Gasteiger partial charge in [0.15, 0.2) is 0 Å². The van der Waals surface area contributed by atoms with Gasteiger partial charge >= 0.3 is 0 Å². The van der Waals surface area contributed by atoms with Crippen LogP contribution in [0.2, 0.25) is 5.02 Å². The number of aryl methyl sites for hydroxylation is 3. The first-order chi connectivity index (χ1) is 12.2. The summed E-state index contributed by atoms with van der Waals surface area (Å²) in [6.07, 6.45) is 8.66. The van der Waals surface area contributed by atoms with Gasteiger partial charge in [-0.25, -0.2) is 4.98 Å². The predicted molar refractivity (Wildman–Crippen MR) is 102 cm³/mol. The second kappa shape index (κ2) is 7.08. The van der Waals surface area contributed by atoms with E-state index in [1.807, 2.05) is 35.6 Å². The third-order valence-corrected chi connectivity index (χ3v) is 6.76. The SMILES string of the molecule is O=C(NCCCc1nc2c(s1)CCCC2)C1(c2cccc(Cl)c2)CC1. The van der Waals surface area contributed by atoms with E-state index in [0.29, 0.717) is 11.6 Å². The topological polar surface area (TPSA) is 42.0 Å². The molecule has 0 bridgehead atoms. The Bertz CT molecular complexity index is 758. The third kappa shape index (κ3) is 3.61. The second-order valence-corrected chi connectivity index (χ2v) is 8.74. The van der Waals surface area contributed by atoms with Gasteiger partial charge in [-0.3, -0.25) is 4.79 Å². The highest BCUT2D eigenvalue weighted by molar-refractivity contribution is 7.11. The van der Waals surface area contributed by atoms with Gasteiger partial charge in [0.05, 0.1) is 16.1 Å². The number of aromatic nitrogens is 1. The number of nitrogens with one attached hydrogen (secondary N) is 1. The van der Waals surface area contributed by atoms with Crippen LogP contribution < -0.4 is 5.32 Å². The molecule has 1 aromatic heterocycles. The summed E-state index contributed by atoms with van der Waals surface area (Å²) >= 11 is 7.96. The average molecular weight is 375 g/mol. The van der Waals surface area contributed by atoms with E-state index in [-0.39, 0.29) is 11.3 Å². The predicted octanol–water partition coefficient (Wildman–Crippen LogP) is 4.46. The van der Waals surface area contributed by atoms with Gasteiger partial charge < -0.3 is 5.32 Å². The molecule has 25 heavy (non-hydrogen) atoms. The Morgan fingerprint density at radius 3 is 2.88 bits per heavy atom. The van der Waals surface area contributed by atoms with E-state index < -0.39 is 0 Å². The van der Waals surface area contributed by atoms with Crippen molar-refractivity contribution in [3.8, 4) is 0 Å². The second-order valence-electron chi connectivity index (χ2n) is 7.14. The fraction of sp³-hybridized carbons (Fsp3) is 0.500. The summed E-state index contributed by atoms with van der Waals surface area (Å²) in [5.74, 6) is 0.146. The highest BCUT2D eigenvalue weighted by Gasteiger charge is 2.51. The number of carbonyl (C=O) groups is 1. The Labute approximate surface area is 157 Å². The van der Waals surface area contributed by atoms with Gasteiger partial charge in [0.25, 0.3) is 0 Å². The van der Waals surface area contributed by atoms with Gasteiger partial charge in [0.2, 0.25) is 5.91 Å². The summed E-state index contributed by atoms with van der Waals surface area (Å²) in [5, 5.41) is 5.06. The third-order valence-electron chi connectivity index (χ3n) is 5.30. The standard InChI is InChI=1S/C20H23ClN2OS/c21-15-6-3-5-14(13-15)20(10-11-20)19(24)22-12-4-9-18-23-16-7-1-2-8-17(16)25-18/h3,5-6,13H,1-2,4,7-12H2,(H,22,24). The van der Waals surface area contributed by atoms with Gasteiger partial charge in [0.1, 0.15) is 0 Å². The Morgan fingerprint density at radius 2 is 2.12 bits per heavy atom. The van der Waals surface area contributed by atoms with Crippen LogP contribution in [-0.4, -0.2) is 17.4 Å². The molecule has 0 atom stereocenters. The maximum absolute atomic E-state index is 12.6. The van der Waals surface area contributed by atoms with Crippen LogP contribution in [0, 0.1) is 0 Å². The lowest BCUT2D eigenvalue weighted by Gasteiger charge is -2.16. The lowest BCUT2D eigenvalue weighted by atomic mass is 9.95. The number of rotatable bonds is 6. The number of amides is 1. The van der Waals surface area contributed by atoms with Crippen molar-refractivity contribution in [2.45, 2.75) is 56.8 Å². The van der Waals surface area contributed by atoms with Crippen molar-refractivity contribution in [1.29, 1.82) is 0 Å². The van der Waals surface area contributed by atoms with Crippen molar-refractivity contribution >= 4 is 28.8 Å². The summed E-state index contributed by atoms with van der Waals surface area (Å²) in [6.45, 7) is 0.714. The highest BCUT2D eigenvalue weighted by Crippen LogP contribution is 2.48. The van der Waals surface area contributed by atoms with Gasteiger partial charge in [-0.15, -0.1) is 11.3 Å². The quantitative estimate of drug-likeness (QED) is 0.758. The summed E-state index contributed by atoms with van der Waals surface area (Å²) in [6, 6.07) is 7.72. The number of halogens is 1. The Hall–Kier alpha value is -1.39. The first-order valence-electron chi connectivity index (χ1n) is 9.19. The minimum atomic E-state index is -0.342. The molecule has 2 aromatic rings. The lowest BCUT2D eigenvalue weighted by Crippen LogP contribution is -2.35. The number of nitrogens with zero attached hydrogens (tertiary/aromatic N) is 1. The molecule has 132 valence electrons. The first kappa shape index (κ1) is 17.0. The Morgan fingerprint density at radius 1 is 1.28 bits per heavy atom. The smallest absolute Gasteiger partial charge is 0.230 e. The van der Waals surface area contributed by atoms with Crippen LogP contribution in [0.5, 0.6) is 0 Å². The highest BCUT2D eigenvalue weighted by atomic mass is 35.5. The fourth-order valence-corrected chi connectivity index (χ4v) is 5.07. The summed E-state index contributed by atoms with van der Waals surface area (Å²) in [5.41, 5.74) is 2.03. The van der Waals surface area contributed by atoms with Crippen molar-refractivity contribution < 1.29 is 4.79 Å². The zero-order chi connectivity index (χ0) is 17.3. The summed E-state index contributed by atoms with van der Waals surface area (Å²) < 4.78 is 0. The molecule has 1 fully saturated rings. The van der Waals surface area contributed by atoms with Gasteiger partial charge in [0, 0.05) is 22.9 Å². The molecule has 0 aliphatic heterocycles. The molecule has 0 unspecified atom stereocenters. The number of hydrogen-bond donors (Lipinski definition) is 1. The molecule has 1 aromatic carbocycles. The van der Waals surface area contributed by atoms with E-state index >= 15 is 0 Å². The molecular weight excluding hydrogens is 352 g/mol. The molecule has 5 heteroatoms. The molecule has 1 heterocycles. The van der Waals surface area contributed by atoms with E-state index in [0.717, 1.165) is 37.7 Å². The summed E-state index contributed by atoms with van der Waals surface area (Å²) in [4.78, 5) is 18.9. The minimum absolute atomic E-state index is 0.146. The zero-order valence-corrected chi connectivity index (χ0v) is 15.9. The van der Waals surface area contributed by atoms with Crippen LogP contribution in [0.4, 0.5) is 0 Å². The summed E-state index contributed by atoms with van der Waals surface area (Å²) in [7, 11) is 0. The number of hydrogen-bond acceptors (Lipinski definition) is 3. The van der Waals surface area contributed by atoms with Gasteiger partial charge in [-0.05, 0) is 62.6 Å². The van der Waals surface area contributed by atoms with Crippen LogP contribution in [-0.2, 0) is 29.5 Å². The molecule has 0 saturated heterocycles. The van der Waals surface area contributed by atoms with Crippen LogP contribution >= 0.6 is 22.9 Å². The number of fused-ring (bicyclic) bond motifs is 1. The average Bonchev–Trinajstić information content (AvgIpc) is 3.33. The van der Waals surface area contributed by atoms with E-state index in [1.165, 1.54) is 34.8 Å². The van der Waals surface area contributed by atoms with Crippen molar-refractivity contribution in [2.75, 3.05) is 6.54 Å².